The molecule has 1 aliphatic rings. The quantitative estimate of drug-likeness (QED) is 0.350. The maximum absolute atomic E-state index is 13.0. The summed E-state index contributed by atoms with van der Waals surface area (Å²) in [5, 5.41) is 21.1. The zero-order valence-electron chi connectivity index (χ0n) is 21.4. The van der Waals surface area contributed by atoms with Crippen molar-refractivity contribution in [1.82, 2.24) is 24.9 Å². The highest BCUT2D eigenvalue weighted by molar-refractivity contribution is 7.15. The van der Waals surface area contributed by atoms with E-state index < -0.39 is 0 Å². The van der Waals surface area contributed by atoms with Crippen LogP contribution in [-0.4, -0.2) is 64.1 Å². The number of nitrogens with one attached hydrogen (secondary N) is 1. The van der Waals surface area contributed by atoms with Gasteiger partial charge in [-0.05, 0) is 56.1 Å². The van der Waals surface area contributed by atoms with Crippen LogP contribution in [0.15, 0.2) is 54.7 Å². The second-order valence-electron chi connectivity index (χ2n) is 9.40. The highest BCUT2D eigenvalue weighted by Gasteiger charge is 2.25. The second kappa shape index (κ2) is 11.6. The molecule has 194 valence electrons. The van der Waals surface area contributed by atoms with Crippen molar-refractivity contribution < 1.29 is 9.53 Å². The standard InChI is InChI=1S/C28H29N7O2S/c1-34(12-13-37-2)23-10-11-24-26(15-23)38-28(30-24)31-27(36)22-5-3-4-20(14-22)17-35-18-25(32-33-35)21-8-6-19(16-29)7-9-21/h3-9,14,18,23H,10-13,15,17H2,1-2H3,(H,30,31,36)/t23-/m0/s1. The number of anilines is 1. The zero-order chi connectivity index (χ0) is 26.5. The first kappa shape index (κ1) is 25.7. The molecule has 38 heavy (non-hydrogen) atoms. The number of carbonyl (C=O) groups is 1. The third kappa shape index (κ3) is 5.97. The third-order valence-electron chi connectivity index (χ3n) is 6.79. The van der Waals surface area contributed by atoms with Gasteiger partial charge in [0.1, 0.15) is 5.69 Å². The lowest BCUT2D eigenvalue weighted by Crippen LogP contribution is -2.38. The molecule has 5 rings (SSSR count). The fourth-order valence-corrected chi connectivity index (χ4v) is 5.67. The number of carbonyl (C=O) groups excluding carboxylic acids is 1. The molecular formula is C28H29N7O2S. The predicted molar refractivity (Wildman–Crippen MR) is 146 cm³/mol. The Morgan fingerprint density at radius 3 is 2.92 bits per heavy atom. The van der Waals surface area contributed by atoms with Crippen molar-refractivity contribution >= 4 is 22.4 Å². The molecule has 2 aromatic carbocycles. The van der Waals surface area contributed by atoms with Crippen molar-refractivity contribution in [3.8, 4) is 17.3 Å². The SMILES string of the molecule is COCCN(C)[C@H]1CCc2nc(NC(=O)c3cccc(Cn4cc(-c5ccc(C#N)cc5)nn4)c3)sc2C1. The van der Waals surface area contributed by atoms with E-state index in [1.54, 1.807) is 41.3 Å². The van der Waals surface area contributed by atoms with E-state index in [1.165, 1.54) is 4.88 Å². The number of benzene rings is 2. The van der Waals surface area contributed by atoms with E-state index in [1.807, 2.05) is 36.5 Å². The highest BCUT2D eigenvalue weighted by atomic mass is 32.1. The van der Waals surface area contributed by atoms with Gasteiger partial charge in [-0.25, -0.2) is 9.67 Å². The monoisotopic (exact) mass is 527 g/mol. The molecule has 0 radical (unpaired) electrons. The Morgan fingerprint density at radius 1 is 1.29 bits per heavy atom. The van der Waals surface area contributed by atoms with Gasteiger partial charge in [0, 0.05) is 35.7 Å². The molecule has 0 saturated carbocycles. The number of hydrogen-bond donors (Lipinski definition) is 1. The Labute approximate surface area is 225 Å². The van der Waals surface area contributed by atoms with E-state index in [0.717, 1.165) is 54.9 Å². The molecule has 0 aliphatic heterocycles. The number of likely N-dealkylation sites (N-methyl/N-ethyl adjacent to an activating group) is 1. The Kier molecular flexibility index (Phi) is 7.89. The Bertz CT molecular complexity index is 1450. The van der Waals surface area contributed by atoms with Gasteiger partial charge in [-0.3, -0.25) is 10.1 Å². The highest BCUT2D eigenvalue weighted by Crippen LogP contribution is 2.31. The summed E-state index contributed by atoms with van der Waals surface area (Å²) in [5.41, 5.74) is 4.82. The fourth-order valence-electron chi connectivity index (χ4n) is 4.60. The Morgan fingerprint density at radius 2 is 2.13 bits per heavy atom. The van der Waals surface area contributed by atoms with Gasteiger partial charge in [0.2, 0.25) is 0 Å². The minimum atomic E-state index is -0.177. The Hall–Kier alpha value is -3.91. The third-order valence-corrected chi connectivity index (χ3v) is 7.82. The minimum Gasteiger partial charge on any atom is -0.383 e. The maximum Gasteiger partial charge on any atom is 0.257 e. The van der Waals surface area contributed by atoms with Gasteiger partial charge in [0.15, 0.2) is 5.13 Å². The number of aromatic nitrogens is 4. The van der Waals surface area contributed by atoms with Crippen LogP contribution in [0.4, 0.5) is 5.13 Å². The van der Waals surface area contributed by atoms with Crippen LogP contribution in [0.3, 0.4) is 0 Å². The van der Waals surface area contributed by atoms with Crippen molar-refractivity contribution in [2.45, 2.75) is 31.8 Å². The molecule has 4 aromatic rings. The van der Waals surface area contributed by atoms with Gasteiger partial charge in [-0.2, -0.15) is 5.26 Å². The smallest absolute Gasteiger partial charge is 0.257 e. The van der Waals surface area contributed by atoms with Crippen molar-refractivity contribution in [3.63, 3.8) is 0 Å². The fraction of sp³-hybridized carbons (Fsp3) is 0.321. The van der Waals surface area contributed by atoms with Crippen LogP contribution >= 0.6 is 11.3 Å². The molecule has 1 aliphatic carbocycles. The molecule has 0 saturated heterocycles. The molecule has 2 heterocycles. The molecule has 9 nitrogen and oxygen atoms in total. The van der Waals surface area contributed by atoms with Gasteiger partial charge >= 0.3 is 0 Å². The van der Waals surface area contributed by atoms with Crippen LogP contribution in [0.5, 0.6) is 0 Å². The number of thiazole rings is 1. The van der Waals surface area contributed by atoms with Crippen LogP contribution in [0.1, 0.15) is 38.5 Å². The number of rotatable bonds is 9. The number of hydrogen-bond acceptors (Lipinski definition) is 8. The molecule has 10 heteroatoms. The van der Waals surface area contributed by atoms with Crippen LogP contribution in [0.25, 0.3) is 11.3 Å². The summed E-state index contributed by atoms with van der Waals surface area (Å²) in [5.74, 6) is -0.177. The lowest BCUT2D eigenvalue weighted by molar-refractivity contribution is 0.102. The van der Waals surface area contributed by atoms with E-state index in [-0.39, 0.29) is 5.91 Å². The maximum atomic E-state index is 13.0. The molecule has 0 spiro atoms. The first-order chi connectivity index (χ1) is 18.5. The molecular weight excluding hydrogens is 498 g/mol. The summed E-state index contributed by atoms with van der Waals surface area (Å²) >= 11 is 1.57. The van der Waals surface area contributed by atoms with Gasteiger partial charge in [-0.1, -0.05) is 29.5 Å². The predicted octanol–water partition coefficient (Wildman–Crippen LogP) is 4.01. The van der Waals surface area contributed by atoms with Crippen molar-refractivity contribution in [2.75, 3.05) is 32.6 Å². The summed E-state index contributed by atoms with van der Waals surface area (Å²) < 4.78 is 6.95. The second-order valence-corrected chi connectivity index (χ2v) is 10.5. The first-order valence-corrected chi connectivity index (χ1v) is 13.3. The molecule has 0 bridgehead atoms. The molecule has 0 fully saturated rings. The summed E-state index contributed by atoms with van der Waals surface area (Å²) in [7, 11) is 3.86. The van der Waals surface area contributed by atoms with Crippen LogP contribution < -0.4 is 5.32 Å². The van der Waals surface area contributed by atoms with Gasteiger partial charge in [0.25, 0.3) is 5.91 Å². The Balaban J connectivity index is 1.22. The molecule has 0 unspecified atom stereocenters. The van der Waals surface area contributed by atoms with E-state index in [9.17, 15) is 4.79 Å². The largest absolute Gasteiger partial charge is 0.383 e. The molecule has 1 atom stereocenters. The average molecular weight is 528 g/mol. The molecule has 1 N–H and O–H groups in total. The van der Waals surface area contributed by atoms with E-state index in [2.05, 4.69) is 33.6 Å². The number of methoxy groups -OCH3 is 1. The summed E-state index contributed by atoms with van der Waals surface area (Å²) in [6, 6.07) is 17.3. The number of nitriles is 1. The van der Waals surface area contributed by atoms with E-state index in [4.69, 9.17) is 15.0 Å². The van der Waals surface area contributed by atoms with Crippen LogP contribution in [0, 0.1) is 11.3 Å². The van der Waals surface area contributed by atoms with E-state index >= 15 is 0 Å². The normalized spacial score (nSPS) is 14.7. The lowest BCUT2D eigenvalue weighted by Gasteiger charge is -2.30. The lowest BCUT2D eigenvalue weighted by atomic mass is 9.96. The topological polar surface area (TPSA) is 109 Å². The number of amides is 1. The summed E-state index contributed by atoms with van der Waals surface area (Å²) in [6.45, 7) is 2.10. The summed E-state index contributed by atoms with van der Waals surface area (Å²) in [4.78, 5) is 21.3. The van der Waals surface area contributed by atoms with Gasteiger partial charge < -0.3 is 9.64 Å². The van der Waals surface area contributed by atoms with Gasteiger partial charge in [-0.15, -0.1) is 16.4 Å². The van der Waals surface area contributed by atoms with Gasteiger partial charge in [0.05, 0.1) is 36.7 Å². The van der Waals surface area contributed by atoms with Crippen LogP contribution in [-0.2, 0) is 24.1 Å². The zero-order valence-corrected chi connectivity index (χ0v) is 22.2. The molecule has 2 aromatic heterocycles. The first-order valence-electron chi connectivity index (χ1n) is 12.5. The van der Waals surface area contributed by atoms with Crippen molar-refractivity contribution in [1.29, 1.82) is 5.26 Å². The number of nitrogens with zero attached hydrogens (tertiary/aromatic N) is 6. The minimum absolute atomic E-state index is 0.177. The number of fused-ring (bicyclic) bond motifs is 1. The molecule has 1 amide bonds. The number of ether oxygens (including phenoxy) is 1. The van der Waals surface area contributed by atoms with Crippen molar-refractivity contribution in [2.24, 2.45) is 0 Å². The average Bonchev–Trinajstić information content (AvgIpc) is 3.58. The van der Waals surface area contributed by atoms with E-state index in [0.29, 0.717) is 28.8 Å². The van der Waals surface area contributed by atoms with Crippen LogP contribution in [0.2, 0.25) is 0 Å². The number of aryl methyl sites for hydroxylation is 1. The van der Waals surface area contributed by atoms with Crippen molar-refractivity contribution in [3.05, 3.63) is 82.0 Å². The summed E-state index contributed by atoms with van der Waals surface area (Å²) in [6.07, 6.45) is 4.78.